The monoisotopic (exact) mass is 418 g/mol. The Bertz CT molecular complexity index is 985. The number of rotatable bonds is 3. The Balaban J connectivity index is 1.41. The fourth-order valence-corrected chi connectivity index (χ4v) is 6.04. The summed E-state index contributed by atoms with van der Waals surface area (Å²) < 4.78 is 27.2. The molecule has 0 atom stereocenters. The smallest absolute Gasteiger partial charge is 0.244 e. The largest absolute Gasteiger partial charge is 0.338 e. The molecule has 28 heavy (non-hydrogen) atoms. The third-order valence-corrected chi connectivity index (χ3v) is 8.10. The maximum Gasteiger partial charge on any atom is 0.244 e. The first-order valence-electron chi connectivity index (χ1n) is 9.57. The molecule has 4 rings (SSSR count). The number of carbonyl (C=O) groups excluding carboxylic acids is 1. The Morgan fingerprint density at radius 3 is 2.29 bits per heavy atom. The second-order valence-electron chi connectivity index (χ2n) is 7.39. The number of carbonyl (C=O) groups is 1. The Kier molecular flexibility index (Phi) is 5.45. The molecule has 0 aromatic heterocycles. The van der Waals surface area contributed by atoms with Gasteiger partial charge in [0.25, 0.3) is 0 Å². The first-order chi connectivity index (χ1) is 13.5. The van der Waals surface area contributed by atoms with Gasteiger partial charge in [-0.15, -0.1) is 0 Å². The highest BCUT2D eigenvalue weighted by molar-refractivity contribution is 7.89. The van der Waals surface area contributed by atoms with Crippen molar-refractivity contribution in [2.24, 2.45) is 5.92 Å². The summed E-state index contributed by atoms with van der Waals surface area (Å²) in [6.07, 6.45) is 1.96. The van der Waals surface area contributed by atoms with Crippen molar-refractivity contribution in [3.05, 3.63) is 64.7 Å². The zero-order valence-corrected chi connectivity index (χ0v) is 17.1. The normalized spacial score (nSPS) is 18.7. The maximum atomic E-state index is 13.0. The summed E-state index contributed by atoms with van der Waals surface area (Å²) in [5.74, 6) is 0.0206. The number of amides is 1. The van der Waals surface area contributed by atoms with Crippen LogP contribution in [0.4, 0.5) is 0 Å². The molecule has 0 N–H and O–H groups in total. The van der Waals surface area contributed by atoms with Crippen molar-refractivity contribution in [3.63, 3.8) is 0 Å². The van der Waals surface area contributed by atoms with Gasteiger partial charge in [-0.2, -0.15) is 4.31 Å². The quantitative estimate of drug-likeness (QED) is 0.768. The van der Waals surface area contributed by atoms with Crippen LogP contribution in [0.15, 0.2) is 53.4 Å². The van der Waals surface area contributed by atoms with Crippen molar-refractivity contribution >= 4 is 27.5 Å². The van der Waals surface area contributed by atoms with Crippen molar-refractivity contribution in [1.29, 1.82) is 0 Å². The second kappa shape index (κ2) is 7.85. The Morgan fingerprint density at radius 2 is 1.57 bits per heavy atom. The van der Waals surface area contributed by atoms with Crippen LogP contribution in [0.5, 0.6) is 0 Å². The molecule has 5 nitrogen and oxygen atoms in total. The highest BCUT2D eigenvalue weighted by Crippen LogP contribution is 2.29. The van der Waals surface area contributed by atoms with Gasteiger partial charge in [0.15, 0.2) is 0 Å². The van der Waals surface area contributed by atoms with Gasteiger partial charge in [0.1, 0.15) is 4.90 Å². The molecule has 1 amide bonds. The van der Waals surface area contributed by atoms with Crippen LogP contribution in [0.25, 0.3) is 0 Å². The van der Waals surface area contributed by atoms with Gasteiger partial charge < -0.3 is 4.90 Å². The minimum Gasteiger partial charge on any atom is -0.338 e. The summed E-state index contributed by atoms with van der Waals surface area (Å²) in [6.45, 7) is 2.06. The van der Waals surface area contributed by atoms with Gasteiger partial charge >= 0.3 is 0 Å². The van der Waals surface area contributed by atoms with Crippen LogP contribution >= 0.6 is 11.6 Å². The number of hydrogen-bond acceptors (Lipinski definition) is 3. The van der Waals surface area contributed by atoms with E-state index in [1.807, 2.05) is 17.0 Å². The van der Waals surface area contributed by atoms with Crippen molar-refractivity contribution in [2.75, 3.05) is 19.6 Å². The lowest BCUT2D eigenvalue weighted by Gasteiger charge is -2.35. The number of benzene rings is 2. The molecule has 2 aromatic carbocycles. The lowest BCUT2D eigenvalue weighted by Crippen LogP contribution is -2.45. The Hall–Kier alpha value is -1.89. The summed E-state index contributed by atoms with van der Waals surface area (Å²) in [7, 11) is -3.63. The van der Waals surface area contributed by atoms with E-state index in [0.717, 1.165) is 13.0 Å². The van der Waals surface area contributed by atoms with Crippen molar-refractivity contribution < 1.29 is 13.2 Å². The maximum absolute atomic E-state index is 13.0. The molecule has 0 aliphatic carbocycles. The van der Waals surface area contributed by atoms with Gasteiger partial charge in [-0.25, -0.2) is 8.42 Å². The van der Waals surface area contributed by atoms with Crippen molar-refractivity contribution in [3.8, 4) is 0 Å². The second-order valence-corrected chi connectivity index (χ2v) is 9.70. The highest BCUT2D eigenvalue weighted by Gasteiger charge is 2.35. The van der Waals surface area contributed by atoms with Gasteiger partial charge in [0.2, 0.25) is 15.9 Å². The predicted octanol–water partition coefficient (Wildman–Crippen LogP) is 3.33. The fraction of sp³-hybridized carbons (Fsp3) is 0.381. The molecule has 0 unspecified atom stereocenters. The average Bonchev–Trinajstić information content (AvgIpc) is 2.73. The lowest BCUT2D eigenvalue weighted by atomic mass is 9.94. The molecule has 7 heteroatoms. The van der Waals surface area contributed by atoms with Crippen LogP contribution in [-0.2, 0) is 27.8 Å². The minimum absolute atomic E-state index is 0.122. The topological polar surface area (TPSA) is 57.7 Å². The van der Waals surface area contributed by atoms with E-state index in [2.05, 4.69) is 12.1 Å². The van der Waals surface area contributed by atoms with E-state index in [9.17, 15) is 13.2 Å². The van der Waals surface area contributed by atoms with Crippen LogP contribution in [0.3, 0.4) is 0 Å². The van der Waals surface area contributed by atoms with Gasteiger partial charge in [0.05, 0.1) is 5.02 Å². The Labute approximate surface area is 171 Å². The third-order valence-electron chi connectivity index (χ3n) is 5.70. The molecule has 2 aliphatic rings. The molecule has 0 bridgehead atoms. The van der Waals surface area contributed by atoms with Crippen LogP contribution in [0.1, 0.15) is 24.0 Å². The number of piperidine rings is 1. The molecule has 148 valence electrons. The van der Waals surface area contributed by atoms with Gasteiger partial charge in [-0.3, -0.25) is 4.79 Å². The van der Waals surface area contributed by atoms with Crippen molar-refractivity contribution in [1.82, 2.24) is 9.21 Å². The summed E-state index contributed by atoms with van der Waals surface area (Å²) in [4.78, 5) is 15.0. The zero-order chi connectivity index (χ0) is 19.7. The molecule has 1 saturated heterocycles. The van der Waals surface area contributed by atoms with Crippen LogP contribution in [0.2, 0.25) is 5.02 Å². The molecule has 0 radical (unpaired) electrons. The average molecular weight is 419 g/mol. The van der Waals surface area contributed by atoms with Crippen LogP contribution in [0, 0.1) is 5.92 Å². The summed E-state index contributed by atoms with van der Waals surface area (Å²) in [6, 6.07) is 14.7. The number of hydrogen-bond donors (Lipinski definition) is 0. The first-order valence-corrected chi connectivity index (χ1v) is 11.4. The molecule has 1 fully saturated rings. The first kappa shape index (κ1) is 19.4. The van der Waals surface area contributed by atoms with E-state index >= 15 is 0 Å². The molecule has 2 aliphatic heterocycles. The van der Waals surface area contributed by atoms with E-state index in [1.54, 1.807) is 18.2 Å². The third kappa shape index (κ3) is 3.69. The van der Waals surface area contributed by atoms with E-state index in [0.29, 0.717) is 32.5 Å². The van der Waals surface area contributed by atoms with Gasteiger partial charge in [-0.05, 0) is 42.5 Å². The van der Waals surface area contributed by atoms with Gasteiger partial charge in [0, 0.05) is 32.1 Å². The summed E-state index contributed by atoms with van der Waals surface area (Å²) >= 11 is 6.08. The number of halogens is 1. The van der Waals surface area contributed by atoms with E-state index in [1.165, 1.54) is 21.5 Å². The van der Waals surface area contributed by atoms with Crippen LogP contribution < -0.4 is 0 Å². The number of sulfonamides is 1. The van der Waals surface area contributed by atoms with Crippen LogP contribution in [-0.4, -0.2) is 43.2 Å². The lowest BCUT2D eigenvalue weighted by molar-refractivity contribution is -0.137. The standard InChI is InChI=1S/C21H23ClN2O3S/c22-19-7-3-4-8-20(19)28(26,27)24-13-10-17(11-14-24)21(25)23-12-9-16-5-1-2-6-18(16)15-23/h1-8,17H,9-15H2. The van der Waals surface area contributed by atoms with E-state index in [-0.39, 0.29) is 21.7 Å². The summed E-state index contributed by atoms with van der Waals surface area (Å²) in [5.41, 5.74) is 2.52. The molecule has 0 spiro atoms. The molecular weight excluding hydrogens is 396 g/mol. The highest BCUT2D eigenvalue weighted by atomic mass is 35.5. The van der Waals surface area contributed by atoms with Crippen molar-refractivity contribution in [2.45, 2.75) is 30.7 Å². The fourth-order valence-electron chi connectivity index (χ4n) is 4.08. The zero-order valence-electron chi connectivity index (χ0n) is 15.6. The number of fused-ring (bicyclic) bond motifs is 1. The molecule has 2 aromatic rings. The minimum atomic E-state index is -3.63. The van der Waals surface area contributed by atoms with E-state index in [4.69, 9.17) is 11.6 Å². The Morgan fingerprint density at radius 1 is 0.929 bits per heavy atom. The SMILES string of the molecule is O=C(C1CCN(S(=O)(=O)c2ccccc2Cl)CC1)N1CCc2ccccc2C1. The molecular formula is C21H23ClN2O3S. The summed E-state index contributed by atoms with van der Waals surface area (Å²) in [5, 5.41) is 0.229. The van der Waals surface area contributed by atoms with E-state index < -0.39 is 10.0 Å². The predicted molar refractivity (Wildman–Crippen MR) is 108 cm³/mol. The molecule has 2 heterocycles. The molecule has 0 saturated carbocycles. The number of nitrogens with zero attached hydrogens (tertiary/aromatic N) is 2. The van der Waals surface area contributed by atoms with Gasteiger partial charge in [-0.1, -0.05) is 48.0 Å².